The highest BCUT2D eigenvalue weighted by Crippen LogP contribution is 2.16. The summed E-state index contributed by atoms with van der Waals surface area (Å²) in [5.41, 5.74) is 6.87. The van der Waals surface area contributed by atoms with Gasteiger partial charge in [-0.3, -0.25) is 0 Å². The summed E-state index contributed by atoms with van der Waals surface area (Å²) in [6.45, 7) is 0.327. The van der Waals surface area contributed by atoms with Gasteiger partial charge in [0.15, 0.2) is 0 Å². The summed E-state index contributed by atoms with van der Waals surface area (Å²) in [4.78, 5) is 5.08. The number of benzene rings is 1. The zero-order chi connectivity index (χ0) is 12.1. The Bertz CT molecular complexity index is 336. The minimum Gasteiger partial charge on any atom is -0.423 e. The molecule has 1 atom stereocenters. The summed E-state index contributed by atoms with van der Waals surface area (Å²) in [6, 6.07) is 6.84. The van der Waals surface area contributed by atoms with E-state index in [1.165, 1.54) is 0 Å². The van der Waals surface area contributed by atoms with Crippen LogP contribution in [0.5, 0.6) is 0 Å². The van der Waals surface area contributed by atoms with Gasteiger partial charge in [-0.05, 0) is 11.0 Å². The van der Waals surface area contributed by atoms with Gasteiger partial charge < -0.3 is 20.6 Å². The molecule has 0 aliphatic rings. The number of likely N-dealkylation sites (N-methyl/N-ethyl adjacent to an activating group) is 1. The monoisotopic (exact) mass is 224 g/mol. The van der Waals surface area contributed by atoms with Crippen LogP contribution in [0.25, 0.3) is 0 Å². The molecule has 0 amide bonds. The lowest BCUT2D eigenvalue weighted by Gasteiger charge is -2.26. The van der Waals surface area contributed by atoms with Crippen LogP contribution in [0.3, 0.4) is 0 Å². The second kappa shape index (κ2) is 5.98. The number of hydroxylamine groups is 2. The Balaban J connectivity index is 3.09. The molecule has 0 saturated heterocycles. The van der Waals surface area contributed by atoms with Crippen molar-refractivity contribution < 1.29 is 14.9 Å². The first-order valence-corrected chi connectivity index (χ1v) is 5.03. The normalized spacial score (nSPS) is 12.9. The molecular weight excluding hydrogens is 207 g/mol. The number of nitrogens with two attached hydrogens (primary N) is 1. The van der Waals surface area contributed by atoms with Crippen LogP contribution < -0.4 is 11.2 Å². The predicted molar refractivity (Wildman–Crippen MR) is 62.8 cm³/mol. The van der Waals surface area contributed by atoms with Crippen LogP contribution in [-0.2, 0) is 4.84 Å². The molecule has 0 saturated carbocycles. The molecule has 1 aromatic carbocycles. The van der Waals surface area contributed by atoms with Gasteiger partial charge in [-0.1, -0.05) is 24.3 Å². The average Bonchev–Trinajstić information content (AvgIpc) is 2.30. The highest BCUT2D eigenvalue weighted by molar-refractivity contribution is 6.59. The molecule has 0 aliphatic heterocycles. The number of nitrogens with zero attached hydrogens (tertiary/aromatic N) is 1. The van der Waals surface area contributed by atoms with Crippen molar-refractivity contribution in [1.82, 2.24) is 5.06 Å². The SMILES string of the molecule is CON(C)C(CN)c1ccccc1B(O)O. The highest BCUT2D eigenvalue weighted by atomic mass is 16.7. The third-order valence-corrected chi connectivity index (χ3v) is 2.58. The third kappa shape index (κ3) is 2.81. The predicted octanol–water partition coefficient (Wildman–Crippen LogP) is -1.14. The third-order valence-electron chi connectivity index (χ3n) is 2.58. The topological polar surface area (TPSA) is 79.0 Å². The van der Waals surface area contributed by atoms with E-state index < -0.39 is 7.12 Å². The first kappa shape index (κ1) is 13.2. The molecule has 16 heavy (non-hydrogen) atoms. The fourth-order valence-electron chi connectivity index (χ4n) is 1.65. The number of hydrogen-bond acceptors (Lipinski definition) is 5. The van der Waals surface area contributed by atoms with Gasteiger partial charge in [0.05, 0.1) is 13.2 Å². The standard InChI is InChI=1S/C10H17BN2O3/c1-13(16-2)10(7-12)8-5-3-4-6-9(8)11(14)15/h3-6,10,14-15H,7,12H2,1-2H3. The lowest BCUT2D eigenvalue weighted by Crippen LogP contribution is -2.39. The van der Waals surface area contributed by atoms with Gasteiger partial charge in [0.2, 0.25) is 0 Å². The molecule has 4 N–H and O–H groups in total. The molecule has 6 heteroatoms. The molecule has 0 heterocycles. The Morgan fingerprint density at radius 1 is 1.44 bits per heavy atom. The maximum atomic E-state index is 9.26. The first-order chi connectivity index (χ1) is 7.61. The molecule has 0 spiro atoms. The summed E-state index contributed by atoms with van der Waals surface area (Å²) < 4.78 is 0. The number of rotatable bonds is 5. The molecule has 0 fully saturated rings. The van der Waals surface area contributed by atoms with Crippen LogP contribution in [0.15, 0.2) is 24.3 Å². The summed E-state index contributed by atoms with van der Waals surface area (Å²) in [6.07, 6.45) is 0. The molecule has 0 bridgehead atoms. The van der Waals surface area contributed by atoms with Gasteiger partial charge in [0.25, 0.3) is 0 Å². The van der Waals surface area contributed by atoms with E-state index in [-0.39, 0.29) is 6.04 Å². The Hall–Kier alpha value is -0.915. The quantitative estimate of drug-likeness (QED) is 0.435. The van der Waals surface area contributed by atoms with Crippen molar-refractivity contribution in [3.8, 4) is 0 Å². The maximum absolute atomic E-state index is 9.26. The van der Waals surface area contributed by atoms with Crippen LogP contribution in [0.4, 0.5) is 0 Å². The second-order valence-corrected chi connectivity index (χ2v) is 3.48. The van der Waals surface area contributed by atoms with E-state index in [1.807, 2.05) is 12.1 Å². The van der Waals surface area contributed by atoms with E-state index in [9.17, 15) is 10.0 Å². The van der Waals surface area contributed by atoms with E-state index in [1.54, 1.807) is 31.4 Å². The maximum Gasteiger partial charge on any atom is 0.488 e. The van der Waals surface area contributed by atoms with Crippen molar-refractivity contribution >= 4 is 12.6 Å². The van der Waals surface area contributed by atoms with Crippen LogP contribution in [0.2, 0.25) is 0 Å². The number of hydrogen-bond donors (Lipinski definition) is 3. The van der Waals surface area contributed by atoms with Crippen molar-refractivity contribution in [2.75, 3.05) is 20.7 Å². The Morgan fingerprint density at radius 2 is 2.06 bits per heavy atom. The lowest BCUT2D eigenvalue weighted by molar-refractivity contribution is -0.139. The van der Waals surface area contributed by atoms with E-state index in [0.717, 1.165) is 5.56 Å². The van der Waals surface area contributed by atoms with Gasteiger partial charge >= 0.3 is 7.12 Å². The van der Waals surface area contributed by atoms with Gasteiger partial charge in [-0.15, -0.1) is 0 Å². The van der Waals surface area contributed by atoms with Crippen LogP contribution in [0, 0.1) is 0 Å². The van der Waals surface area contributed by atoms with Crippen molar-refractivity contribution in [2.24, 2.45) is 5.73 Å². The van der Waals surface area contributed by atoms with E-state index in [4.69, 9.17) is 10.6 Å². The Kier molecular flexibility index (Phi) is 4.91. The van der Waals surface area contributed by atoms with Crippen molar-refractivity contribution in [3.63, 3.8) is 0 Å². The molecule has 0 radical (unpaired) electrons. The fourth-order valence-corrected chi connectivity index (χ4v) is 1.65. The van der Waals surface area contributed by atoms with Crippen LogP contribution in [-0.4, -0.2) is 42.9 Å². The van der Waals surface area contributed by atoms with Gasteiger partial charge in [-0.25, -0.2) is 0 Å². The fraction of sp³-hybridized carbons (Fsp3) is 0.400. The summed E-state index contributed by atoms with van der Waals surface area (Å²) in [5.74, 6) is 0. The average molecular weight is 224 g/mol. The Labute approximate surface area is 95.5 Å². The van der Waals surface area contributed by atoms with Crippen LogP contribution in [0.1, 0.15) is 11.6 Å². The smallest absolute Gasteiger partial charge is 0.423 e. The molecule has 88 valence electrons. The molecule has 0 aromatic heterocycles. The second-order valence-electron chi connectivity index (χ2n) is 3.48. The van der Waals surface area contributed by atoms with Gasteiger partial charge in [-0.2, -0.15) is 5.06 Å². The highest BCUT2D eigenvalue weighted by Gasteiger charge is 2.23. The first-order valence-electron chi connectivity index (χ1n) is 5.03. The van der Waals surface area contributed by atoms with E-state index in [2.05, 4.69) is 0 Å². The van der Waals surface area contributed by atoms with Crippen molar-refractivity contribution in [3.05, 3.63) is 29.8 Å². The van der Waals surface area contributed by atoms with Gasteiger partial charge in [0, 0.05) is 13.6 Å². The summed E-state index contributed by atoms with van der Waals surface area (Å²) in [5, 5.41) is 20.1. The van der Waals surface area contributed by atoms with E-state index >= 15 is 0 Å². The molecule has 1 unspecified atom stereocenters. The minimum absolute atomic E-state index is 0.206. The Morgan fingerprint density at radius 3 is 2.56 bits per heavy atom. The summed E-state index contributed by atoms with van der Waals surface area (Å²) in [7, 11) is 1.79. The molecular formula is C10H17BN2O3. The largest absolute Gasteiger partial charge is 0.488 e. The van der Waals surface area contributed by atoms with E-state index in [0.29, 0.717) is 12.0 Å². The van der Waals surface area contributed by atoms with Gasteiger partial charge in [0.1, 0.15) is 0 Å². The van der Waals surface area contributed by atoms with Crippen molar-refractivity contribution in [2.45, 2.75) is 6.04 Å². The zero-order valence-corrected chi connectivity index (χ0v) is 9.50. The molecule has 1 aromatic rings. The molecule has 5 nitrogen and oxygen atoms in total. The zero-order valence-electron chi connectivity index (χ0n) is 9.50. The minimum atomic E-state index is -1.50. The molecule has 0 aliphatic carbocycles. The van der Waals surface area contributed by atoms with Crippen molar-refractivity contribution in [1.29, 1.82) is 0 Å². The molecule has 1 rings (SSSR count). The lowest BCUT2D eigenvalue weighted by atomic mass is 9.75. The van der Waals surface area contributed by atoms with Crippen LogP contribution >= 0.6 is 0 Å². The summed E-state index contributed by atoms with van der Waals surface area (Å²) >= 11 is 0.